The van der Waals surface area contributed by atoms with Gasteiger partial charge in [-0.2, -0.15) is 0 Å². The fourth-order valence-electron chi connectivity index (χ4n) is 1.15. The lowest BCUT2D eigenvalue weighted by molar-refractivity contribution is -0.122. The number of anilines is 2. The van der Waals surface area contributed by atoms with Crippen molar-refractivity contribution < 1.29 is 13.9 Å². The zero-order valence-corrected chi connectivity index (χ0v) is 10.6. The topological polar surface area (TPSA) is 90.4 Å². The van der Waals surface area contributed by atoms with Crippen molar-refractivity contribution >= 4 is 33.2 Å². The molecule has 0 aliphatic rings. The molecule has 1 amide bonds. The molecular formula is C10H13BrFN3O2. The SMILES string of the molecule is NC(=O)COCCNc1cc(F)c(Br)cc1N. The van der Waals surface area contributed by atoms with E-state index in [1.165, 1.54) is 12.1 Å². The van der Waals surface area contributed by atoms with Crippen LogP contribution in [0.25, 0.3) is 0 Å². The Morgan fingerprint density at radius 1 is 1.53 bits per heavy atom. The van der Waals surface area contributed by atoms with Gasteiger partial charge in [-0.1, -0.05) is 0 Å². The minimum Gasteiger partial charge on any atom is -0.397 e. The van der Waals surface area contributed by atoms with Gasteiger partial charge in [0.1, 0.15) is 12.4 Å². The van der Waals surface area contributed by atoms with Gasteiger partial charge in [0.15, 0.2) is 0 Å². The van der Waals surface area contributed by atoms with Crippen molar-refractivity contribution in [3.8, 4) is 0 Å². The summed E-state index contributed by atoms with van der Waals surface area (Å²) < 4.78 is 18.4. The molecule has 5 nitrogen and oxygen atoms in total. The molecule has 0 aromatic heterocycles. The minimum atomic E-state index is -0.529. The zero-order valence-electron chi connectivity index (χ0n) is 9.00. The number of carbonyl (C=O) groups excluding carboxylic acids is 1. The lowest BCUT2D eigenvalue weighted by Crippen LogP contribution is -2.20. The predicted molar refractivity (Wildman–Crippen MR) is 67.0 cm³/mol. The number of benzene rings is 1. The number of ether oxygens (including phenoxy) is 1. The third-order valence-electron chi connectivity index (χ3n) is 1.90. The van der Waals surface area contributed by atoms with Crippen LogP contribution in [-0.4, -0.2) is 25.7 Å². The number of nitrogens with one attached hydrogen (secondary N) is 1. The summed E-state index contributed by atoms with van der Waals surface area (Å²) in [5, 5.41) is 2.89. The van der Waals surface area contributed by atoms with Gasteiger partial charge in [-0.3, -0.25) is 4.79 Å². The highest BCUT2D eigenvalue weighted by molar-refractivity contribution is 9.10. The molecule has 0 fully saturated rings. The van der Waals surface area contributed by atoms with E-state index in [0.717, 1.165) is 0 Å². The van der Waals surface area contributed by atoms with Crippen LogP contribution in [0.1, 0.15) is 0 Å². The highest BCUT2D eigenvalue weighted by atomic mass is 79.9. The number of carbonyl (C=O) groups is 1. The first-order chi connectivity index (χ1) is 8.00. The van der Waals surface area contributed by atoms with Crippen molar-refractivity contribution in [1.29, 1.82) is 0 Å². The van der Waals surface area contributed by atoms with Crippen LogP contribution in [0.15, 0.2) is 16.6 Å². The van der Waals surface area contributed by atoms with Gasteiger partial charge in [-0.15, -0.1) is 0 Å². The summed E-state index contributed by atoms with van der Waals surface area (Å²) in [7, 11) is 0. The van der Waals surface area contributed by atoms with E-state index in [1.54, 1.807) is 0 Å². The molecule has 1 aromatic carbocycles. The number of hydrogen-bond donors (Lipinski definition) is 3. The van der Waals surface area contributed by atoms with Gasteiger partial charge in [0.25, 0.3) is 0 Å². The highest BCUT2D eigenvalue weighted by Crippen LogP contribution is 2.26. The first kappa shape index (κ1) is 13.7. The molecule has 0 bridgehead atoms. The Balaban J connectivity index is 2.41. The Bertz CT molecular complexity index is 415. The molecule has 0 saturated heterocycles. The maximum atomic E-state index is 13.2. The maximum absolute atomic E-state index is 13.2. The summed E-state index contributed by atoms with van der Waals surface area (Å²) in [6.45, 7) is 0.546. The normalized spacial score (nSPS) is 10.2. The summed E-state index contributed by atoms with van der Waals surface area (Å²) in [6, 6.07) is 2.76. The standard InChI is InChI=1S/C10H13BrFN3O2/c11-6-3-8(13)9(4-7(6)12)15-1-2-17-5-10(14)16/h3-4,15H,1-2,5,13H2,(H2,14,16). The van der Waals surface area contributed by atoms with Crippen molar-refractivity contribution in [1.82, 2.24) is 0 Å². The molecule has 1 aromatic rings. The molecule has 0 aliphatic heterocycles. The zero-order chi connectivity index (χ0) is 12.8. The molecule has 17 heavy (non-hydrogen) atoms. The first-order valence-electron chi connectivity index (χ1n) is 4.85. The summed E-state index contributed by atoms with van der Waals surface area (Å²) in [4.78, 5) is 10.4. The fourth-order valence-corrected chi connectivity index (χ4v) is 1.51. The highest BCUT2D eigenvalue weighted by Gasteiger charge is 2.05. The first-order valence-corrected chi connectivity index (χ1v) is 5.64. The summed E-state index contributed by atoms with van der Waals surface area (Å²) in [5.74, 6) is -0.932. The lowest BCUT2D eigenvalue weighted by Gasteiger charge is -2.10. The van der Waals surface area contributed by atoms with Gasteiger partial charge in [-0.25, -0.2) is 4.39 Å². The van der Waals surface area contributed by atoms with E-state index in [9.17, 15) is 9.18 Å². The van der Waals surface area contributed by atoms with Crippen molar-refractivity contribution in [3.63, 3.8) is 0 Å². The Morgan fingerprint density at radius 3 is 2.88 bits per heavy atom. The Morgan fingerprint density at radius 2 is 2.24 bits per heavy atom. The maximum Gasteiger partial charge on any atom is 0.243 e. The second-order valence-corrected chi connectivity index (χ2v) is 4.15. The molecule has 1 rings (SSSR count). The van der Waals surface area contributed by atoms with E-state index in [-0.39, 0.29) is 13.2 Å². The second kappa shape index (κ2) is 6.41. The molecule has 0 atom stereocenters. The smallest absolute Gasteiger partial charge is 0.243 e. The van der Waals surface area contributed by atoms with E-state index in [2.05, 4.69) is 21.2 Å². The molecule has 7 heteroatoms. The van der Waals surface area contributed by atoms with Crippen molar-refractivity contribution in [3.05, 3.63) is 22.4 Å². The molecular weight excluding hydrogens is 293 g/mol. The Hall–Kier alpha value is -1.34. The van der Waals surface area contributed by atoms with Gasteiger partial charge in [0, 0.05) is 12.6 Å². The van der Waals surface area contributed by atoms with E-state index in [4.69, 9.17) is 16.2 Å². The van der Waals surface area contributed by atoms with E-state index < -0.39 is 11.7 Å². The predicted octanol–water partition coefficient (Wildman–Crippen LogP) is 1.08. The van der Waals surface area contributed by atoms with Crippen molar-refractivity contribution in [2.45, 2.75) is 0 Å². The molecule has 5 N–H and O–H groups in total. The molecule has 0 spiro atoms. The molecule has 0 saturated carbocycles. The van der Waals surface area contributed by atoms with E-state index in [1.807, 2.05) is 0 Å². The third kappa shape index (κ3) is 4.58. The lowest BCUT2D eigenvalue weighted by atomic mass is 10.2. The van der Waals surface area contributed by atoms with Crippen LogP contribution in [0.2, 0.25) is 0 Å². The largest absolute Gasteiger partial charge is 0.397 e. The molecule has 0 radical (unpaired) electrons. The van der Waals surface area contributed by atoms with Gasteiger partial charge in [0.05, 0.1) is 22.5 Å². The van der Waals surface area contributed by atoms with Crippen LogP contribution in [0, 0.1) is 5.82 Å². The van der Waals surface area contributed by atoms with E-state index in [0.29, 0.717) is 22.4 Å². The number of amides is 1. The van der Waals surface area contributed by atoms with Crippen LogP contribution in [-0.2, 0) is 9.53 Å². The molecule has 0 unspecified atom stereocenters. The van der Waals surface area contributed by atoms with Crippen LogP contribution in [0.4, 0.5) is 15.8 Å². The number of nitrogen functional groups attached to an aromatic ring is 1. The van der Waals surface area contributed by atoms with Gasteiger partial charge < -0.3 is 21.5 Å². The number of hydrogen-bond acceptors (Lipinski definition) is 4. The number of halogens is 2. The summed E-state index contributed by atoms with van der Waals surface area (Å²) >= 11 is 3.03. The van der Waals surface area contributed by atoms with E-state index >= 15 is 0 Å². The number of nitrogens with two attached hydrogens (primary N) is 2. The Kier molecular flexibility index (Phi) is 5.17. The van der Waals surface area contributed by atoms with Gasteiger partial charge >= 0.3 is 0 Å². The Labute approximate surface area is 106 Å². The monoisotopic (exact) mass is 305 g/mol. The van der Waals surface area contributed by atoms with Crippen LogP contribution < -0.4 is 16.8 Å². The van der Waals surface area contributed by atoms with Gasteiger partial charge in [0.2, 0.25) is 5.91 Å². The minimum absolute atomic E-state index is 0.133. The fraction of sp³-hybridized carbons (Fsp3) is 0.300. The third-order valence-corrected chi connectivity index (χ3v) is 2.51. The average molecular weight is 306 g/mol. The second-order valence-electron chi connectivity index (χ2n) is 3.30. The average Bonchev–Trinajstić information content (AvgIpc) is 2.24. The summed E-state index contributed by atoms with van der Waals surface area (Å²) in [6.07, 6.45) is 0. The number of primary amides is 1. The van der Waals surface area contributed by atoms with Crippen LogP contribution >= 0.6 is 15.9 Å². The van der Waals surface area contributed by atoms with Crippen LogP contribution in [0.5, 0.6) is 0 Å². The van der Waals surface area contributed by atoms with Gasteiger partial charge in [-0.05, 0) is 22.0 Å². The summed E-state index contributed by atoms with van der Waals surface area (Å²) in [5.41, 5.74) is 11.5. The molecule has 0 aliphatic carbocycles. The van der Waals surface area contributed by atoms with Crippen molar-refractivity contribution in [2.24, 2.45) is 5.73 Å². The van der Waals surface area contributed by atoms with Crippen molar-refractivity contribution in [2.75, 3.05) is 30.8 Å². The molecule has 94 valence electrons. The number of rotatable bonds is 6. The quantitative estimate of drug-likeness (QED) is 0.542. The van der Waals surface area contributed by atoms with Crippen LogP contribution in [0.3, 0.4) is 0 Å². The molecule has 0 heterocycles.